The monoisotopic (exact) mass is 285 g/mol. The summed E-state index contributed by atoms with van der Waals surface area (Å²) in [5, 5.41) is 14.7. The Bertz CT molecular complexity index is 328. The third kappa shape index (κ3) is 4.67. The van der Waals surface area contributed by atoms with Crippen LogP contribution in [0.3, 0.4) is 0 Å². The highest BCUT2D eigenvalue weighted by atomic mass is 16.4. The summed E-state index contributed by atoms with van der Waals surface area (Å²) in [4.78, 5) is 25.4. The molecule has 6 heteroatoms. The maximum absolute atomic E-state index is 11.8. The van der Waals surface area contributed by atoms with Crippen molar-refractivity contribution in [2.75, 3.05) is 26.2 Å². The number of hydrogen-bond donors (Lipinski definition) is 3. The Morgan fingerprint density at radius 1 is 1.20 bits per heavy atom. The first-order valence-electron chi connectivity index (χ1n) is 7.56. The van der Waals surface area contributed by atoms with Crippen molar-refractivity contribution >= 4 is 12.0 Å². The summed E-state index contributed by atoms with van der Waals surface area (Å²) in [5.74, 6) is -0.925. The molecule has 20 heavy (non-hydrogen) atoms. The second kappa shape index (κ2) is 8.09. The van der Waals surface area contributed by atoms with Gasteiger partial charge in [0.2, 0.25) is 0 Å². The van der Waals surface area contributed by atoms with E-state index in [-0.39, 0.29) is 6.03 Å². The molecule has 0 saturated heterocycles. The van der Waals surface area contributed by atoms with Gasteiger partial charge in [-0.05, 0) is 32.4 Å². The normalized spacial score (nSPS) is 17.1. The van der Waals surface area contributed by atoms with E-state index < -0.39 is 11.5 Å². The van der Waals surface area contributed by atoms with E-state index in [0.717, 1.165) is 38.9 Å². The molecule has 0 radical (unpaired) electrons. The molecule has 1 aliphatic carbocycles. The third-order valence-corrected chi connectivity index (χ3v) is 3.92. The van der Waals surface area contributed by atoms with Crippen molar-refractivity contribution in [1.29, 1.82) is 0 Å². The second-order valence-electron chi connectivity index (χ2n) is 5.41. The van der Waals surface area contributed by atoms with Crippen molar-refractivity contribution in [3.05, 3.63) is 0 Å². The van der Waals surface area contributed by atoms with E-state index in [1.165, 1.54) is 0 Å². The lowest BCUT2D eigenvalue weighted by Gasteiger charge is -2.26. The molecule has 0 atom stereocenters. The van der Waals surface area contributed by atoms with Crippen LogP contribution in [0.5, 0.6) is 0 Å². The van der Waals surface area contributed by atoms with Gasteiger partial charge in [-0.2, -0.15) is 0 Å². The Labute approximate surface area is 120 Å². The molecule has 2 amide bonds. The van der Waals surface area contributed by atoms with E-state index in [1.54, 1.807) is 0 Å². The van der Waals surface area contributed by atoms with Crippen molar-refractivity contribution in [2.45, 2.75) is 51.5 Å². The Balaban J connectivity index is 2.34. The molecule has 0 aliphatic heterocycles. The molecule has 1 rings (SSSR count). The molecule has 0 spiro atoms. The number of nitrogens with zero attached hydrogens (tertiary/aromatic N) is 1. The van der Waals surface area contributed by atoms with Gasteiger partial charge >= 0.3 is 12.0 Å². The molecular formula is C14H27N3O3. The number of carbonyl (C=O) groups is 2. The highest BCUT2D eigenvalue weighted by Gasteiger charge is 2.42. The predicted molar refractivity (Wildman–Crippen MR) is 77.8 cm³/mol. The number of likely N-dealkylation sites (N-methyl/N-ethyl adjacent to an activating group) is 1. The number of rotatable bonds is 8. The van der Waals surface area contributed by atoms with E-state index in [1.807, 2.05) is 0 Å². The van der Waals surface area contributed by atoms with Crippen LogP contribution in [0.15, 0.2) is 0 Å². The number of carbonyl (C=O) groups excluding carboxylic acids is 1. The number of nitrogens with one attached hydrogen (secondary N) is 2. The Morgan fingerprint density at radius 3 is 2.35 bits per heavy atom. The van der Waals surface area contributed by atoms with E-state index >= 15 is 0 Å². The first-order valence-corrected chi connectivity index (χ1v) is 7.56. The second-order valence-corrected chi connectivity index (χ2v) is 5.41. The molecule has 6 nitrogen and oxygen atoms in total. The molecule has 1 saturated carbocycles. The number of amides is 2. The molecule has 1 aliphatic rings. The van der Waals surface area contributed by atoms with Gasteiger partial charge < -0.3 is 20.6 Å². The molecule has 1 fully saturated rings. The van der Waals surface area contributed by atoms with Gasteiger partial charge in [-0.1, -0.05) is 26.7 Å². The van der Waals surface area contributed by atoms with Gasteiger partial charge in [-0.25, -0.2) is 9.59 Å². The number of carboxylic acid groups (broad SMARTS) is 1. The lowest BCUT2D eigenvalue weighted by Crippen LogP contribution is -2.56. The lowest BCUT2D eigenvalue weighted by atomic mass is 9.98. The van der Waals surface area contributed by atoms with Gasteiger partial charge in [-0.3, -0.25) is 0 Å². The van der Waals surface area contributed by atoms with Crippen LogP contribution in [0.2, 0.25) is 0 Å². The third-order valence-electron chi connectivity index (χ3n) is 3.92. The first kappa shape index (κ1) is 16.8. The molecule has 116 valence electrons. The predicted octanol–water partition coefficient (Wildman–Crippen LogP) is 1.41. The van der Waals surface area contributed by atoms with Gasteiger partial charge in [0, 0.05) is 13.1 Å². The molecule has 0 bridgehead atoms. The van der Waals surface area contributed by atoms with Crippen LogP contribution in [0, 0.1) is 0 Å². The van der Waals surface area contributed by atoms with Gasteiger partial charge in [0.25, 0.3) is 0 Å². The van der Waals surface area contributed by atoms with Gasteiger partial charge in [0.15, 0.2) is 0 Å². The van der Waals surface area contributed by atoms with Crippen LogP contribution in [0.4, 0.5) is 4.79 Å². The quantitative estimate of drug-likeness (QED) is 0.630. The van der Waals surface area contributed by atoms with Crippen molar-refractivity contribution in [2.24, 2.45) is 0 Å². The minimum atomic E-state index is -1.06. The number of carboxylic acids is 1. The number of aliphatic carboxylic acids is 1. The Morgan fingerprint density at radius 2 is 1.85 bits per heavy atom. The van der Waals surface area contributed by atoms with Gasteiger partial charge in [0.1, 0.15) is 5.54 Å². The molecule has 0 heterocycles. The maximum Gasteiger partial charge on any atom is 0.329 e. The van der Waals surface area contributed by atoms with Crippen LogP contribution in [-0.4, -0.2) is 53.7 Å². The smallest absolute Gasteiger partial charge is 0.329 e. The molecule has 0 aromatic carbocycles. The molecule has 0 unspecified atom stereocenters. The average Bonchev–Trinajstić information content (AvgIpc) is 2.87. The summed E-state index contributed by atoms with van der Waals surface area (Å²) in [5.41, 5.74) is -1.06. The lowest BCUT2D eigenvalue weighted by molar-refractivity contribution is -0.144. The minimum absolute atomic E-state index is 0.373. The van der Waals surface area contributed by atoms with E-state index in [2.05, 4.69) is 29.4 Å². The summed E-state index contributed by atoms with van der Waals surface area (Å²) in [6, 6.07) is -0.373. The van der Waals surface area contributed by atoms with Crippen molar-refractivity contribution in [3.63, 3.8) is 0 Å². The van der Waals surface area contributed by atoms with Crippen LogP contribution >= 0.6 is 0 Å². The summed E-state index contributed by atoms with van der Waals surface area (Å²) >= 11 is 0. The van der Waals surface area contributed by atoms with Crippen molar-refractivity contribution in [1.82, 2.24) is 15.5 Å². The van der Waals surface area contributed by atoms with Crippen LogP contribution in [0.1, 0.15) is 46.0 Å². The van der Waals surface area contributed by atoms with Crippen LogP contribution < -0.4 is 10.6 Å². The molecule has 3 N–H and O–H groups in total. The van der Waals surface area contributed by atoms with Crippen LogP contribution in [-0.2, 0) is 4.79 Å². The fraction of sp³-hybridized carbons (Fsp3) is 0.857. The zero-order valence-electron chi connectivity index (χ0n) is 12.6. The van der Waals surface area contributed by atoms with E-state index in [0.29, 0.717) is 19.4 Å². The zero-order chi connectivity index (χ0) is 15.0. The summed E-state index contributed by atoms with van der Waals surface area (Å²) in [6.45, 7) is 7.51. The molecule has 0 aromatic rings. The van der Waals surface area contributed by atoms with Gasteiger partial charge in [-0.15, -0.1) is 0 Å². The Kier molecular flexibility index (Phi) is 6.78. The Hall–Kier alpha value is -1.30. The average molecular weight is 285 g/mol. The largest absolute Gasteiger partial charge is 0.480 e. The molecular weight excluding hydrogens is 258 g/mol. The summed E-state index contributed by atoms with van der Waals surface area (Å²) in [6.07, 6.45) is 3.83. The number of hydrogen-bond acceptors (Lipinski definition) is 3. The van der Waals surface area contributed by atoms with E-state index in [4.69, 9.17) is 0 Å². The topological polar surface area (TPSA) is 81.7 Å². The van der Waals surface area contributed by atoms with E-state index in [9.17, 15) is 14.7 Å². The maximum atomic E-state index is 11.8. The zero-order valence-corrected chi connectivity index (χ0v) is 12.6. The first-order chi connectivity index (χ1) is 9.54. The standard InChI is InChI=1S/C14H27N3O3/c1-3-10-17(4-2)11-9-15-13(20)16-14(12(18)19)7-5-6-8-14/h3-11H2,1-2H3,(H,18,19)(H2,15,16,20). The highest BCUT2D eigenvalue weighted by Crippen LogP contribution is 2.29. The van der Waals surface area contributed by atoms with Crippen molar-refractivity contribution in [3.8, 4) is 0 Å². The summed E-state index contributed by atoms with van der Waals surface area (Å²) < 4.78 is 0. The number of urea groups is 1. The molecule has 0 aromatic heterocycles. The summed E-state index contributed by atoms with van der Waals surface area (Å²) in [7, 11) is 0. The highest BCUT2D eigenvalue weighted by molar-refractivity contribution is 5.86. The SMILES string of the molecule is CCCN(CC)CCNC(=O)NC1(C(=O)O)CCCC1. The van der Waals surface area contributed by atoms with Crippen molar-refractivity contribution < 1.29 is 14.7 Å². The fourth-order valence-corrected chi connectivity index (χ4v) is 2.70. The van der Waals surface area contributed by atoms with Crippen LogP contribution in [0.25, 0.3) is 0 Å². The van der Waals surface area contributed by atoms with Gasteiger partial charge in [0.05, 0.1) is 0 Å². The minimum Gasteiger partial charge on any atom is -0.480 e. The fourth-order valence-electron chi connectivity index (χ4n) is 2.70.